The zero-order valence-electron chi connectivity index (χ0n) is 11.5. The maximum atomic E-state index is 10.3. The predicted octanol–water partition coefficient (Wildman–Crippen LogP) is 2.71. The summed E-state index contributed by atoms with van der Waals surface area (Å²) in [6, 6.07) is 7.98. The lowest BCUT2D eigenvalue weighted by atomic mass is 10.1. The lowest BCUT2D eigenvalue weighted by Gasteiger charge is -2.23. The highest BCUT2D eigenvalue weighted by molar-refractivity contribution is 7.09. The molecule has 1 aromatic heterocycles. The van der Waals surface area contributed by atoms with Crippen LogP contribution in [0.3, 0.4) is 0 Å². The molecule has 0 aliphatic rings. The van der Waals surface area contributed by atoms with E-state index in [1.807, 2.05) is 38.1 Å². The molecule has 5 heteroatoms. The van der Waals surface area contributed by atoms with E-state index >= 15 is 0 Å². The molecule has 0 spiro atoms. The number of rotatable bonds is 5. The molecule has 1 N–H and O–H groups in total. The summed E-state index contributed by atoms with van der Waals surface area (Å²) < 4.78 is 4.18. The summed E-state index contributed by atoms with van der Waals surface area (Å²) in [5.74, 6) is 0.781. The third kappa shape index (κ3) is 3.52. The largest absolute Gasteiger partial charge is 0.387 e. The molecule has 2 aromatic rings. The fourth-order valence-corrected chi connectivity index (χ4v) is 2.61. The Balaban J connectivity index is 2.07. The minimum absolute atomic E-state index is 0.509. The summed E-state index contributed by atoms with van der Waals surface area (Å²) in [5.41, 5.74) is 2.13. The smallest absolute Gasteiger partial charge is 0.205 e. The Labute approximate surface area is 117 Å². The Kier molecular flexibility index (Phi) is 4.50. The summed E-state index contributed by atoms with van der Waals surface area (Å²) in [5, 5.41) is 11.2. The van der Waals surface area contributed by atoms with Crippen molar-refractivity contribution in [3.8, 4) is 0 Å². The highest BCUT2D eigenvalue weighted by Gasteiger charge is 2.15. The van der Waals surface area contributed by atoms with Crippen LogP contribution in [0.4, 0.5) is 5.13 Å². The first-order valence-electron chi connectivity index (χ1n) is 6.40. The Morgan fingerprint density at radius 1 is 1.26 bits per heavy atom. The van der Waals surface area contributed by atoms with Gasteiger partial charge in [0, 0.05) is 18.1 Å². The molecule has 0 amide bonds. The molecule has 2 rings (SSSR count). The number of benzene rings is 1. The van der Waals surface area contributed by atoms with Gasteiger partial charge in [0.15, 0.2) is 0 Å². The number of aliphatic hydroxyl groups excluding tert-OH is 1. The van der Waals surface area contributed by atoms with Crippen LogP contribution in [0.2, 0.25) is 0 Å². The molecule has 0 aliphatic heterocycles. The van der Waals surface area contributed by atoms with Crippen molar-refractivity contribution in [1.82, 2.24) is 9.36 Å². The molecule has 0 fully saturated rings. The van der Waals surface area contributed by atoms with Crippen molar-refractivity contribution in [1.29, 1.82) is 0 Å². The summed E-state index contributed by atoms with van der Waals surface area (Å²) in [6.45, 7) is 7.31. The fraction of sp³-hybridized carbons (Fsp3) is 0.429. The van der Waals surface area contributed by atoms with Gasteiger partial charge in [-0.1, -0.05) is 29.8 Å². The van der Waals surface area contributed by atoms with E-state index in [9.17, 15) is 5.11 Å². The van der Waals surface area contributed by atoms with Crippen LogP contribution in [0, 0.1) is 13.8 Å². The lowest BCUT2D eigenvalue weighted by Crippen LogP contribution is -2.28. The van der Waals surface area contributed by atoms with Crippen molar-refractivity contribution in [2.75, 3.05) is 18.0 Å². The number of likely N-dealkylation sites (N-methyl/N-ethyl adjacent to an activating group) is 1. The van der Waals surface area contributed by atoms with E-state index in [4.69, 9.17) is 0 Å². The van der Waals surface area contributed by atoms with E-state index < -0.39 is 6.10 Å². The van der Waals surface area contributed by atoms with Crippen LogP contribution in [-0.2, 0) is 0 Å². The highest BCUT2D eigenvalue weighted by Crippen LogP contribution is 2.21. The van der Waals surface area contributed by atoms with Crippen LogP contribution in [0.5, 0.6) is 0 Å². The van der Waals surface area contributed by atoms with Crippen LogP contribution in [0.25, 0.3) is 0 Å². The van der Waals surface area contributed by atoms with Crippen molar-refractivity contribution < 1.29 is 5.11 Å². The lowest BCUT2D eigenvalue weighted by molar-refractivity contribution is 0.183. The van der Waals surface area contributed by atoms with Gasteiger partial charge in [-0.05, 0) is 26.3 Å². The van der Waals surface area contributed by atoms with Crippen molar-refractivity contribution in [3.05, 3.63) is 41.2 Å². The number of anilines is 1. The van der Waals surface area contributed by atoms with Gasteiger partial charge in [0.25, 0.3) is 0 Å². The summed E-state index contributed by atoms with van der Waals surface area (Å²) in [4.78, 5) is 6.42. The monoisotopic (exact) mass is 277 g/mol. The molecule has 0 aliphatic carbocycles. The van der Waals surface area contributed by atoms with E-state index in [0.29, 0.717) is 6.54 Å². The number of aliphatic hydroxyl groups is 1. The number of hydrogen-bond donors (Lipinski definition) is 1. The second-order valence-electron chi connectivity index (χ2n) is 4.59. The molecule has 0 radical (unpaired) electrons. The van der Waals surface area contributed by atoms with Gasteiger partial charge in [0.1, 0.15) is 5.82 Å². The van der Waals surface area contributed by atoms with Gasteiger partial charge in [0.05, 0.1) is 12.6 Å². The van der Waals surface area contributed by atoms with E-state index in [1.165, 1.54) is 17.1 Å². The molecule has 102 valence electrons. The molecule has 1 atom stereocenters. The predicted molar refractivity (Wildman–Crippen MR) is 78.7 cm³/mol. The van der Waals surface area contributed by atoms with Crippen molar-refractivity contribution in [3.63, 3.8) is 0 Å². The molecule has 0 saturated carbocycles. The highest BCUT2D eigenvalue weighted by atomic mass is 32.1. The van der Waals surface area contributed by atoms with Gasteiger partial charge in [0.2, 0.25) is 5.13 Å². The van der Waals surface area contributed by atoms with Gasteiger partial charge in [-0.3, -0.25) is 0 Å². The average Bonchev–Trinajstić information content (AvgIpc) is 2.83. The molecule has 1 heterocycles. The Hall–Kier alpha value is -1.46. The molecular weight excluding hydrogens is 258 g/mol. The Morgan fingerprint density at radius 3 is 2.47 bits per heavy atom. The molecule has 4 nitrogen and oxygen atoms in total. The Morgan fingerprint density at radius 2 is 1.95 bits per heavy atom. The molecule has 0 saturated heterocycles. The van der Waals surface area contributed by atoms with Crippen LogP contribution in [0.15, 0.2) is 24.3 Å². The van der Waals surface area contributed by atoms with Gasteiger partial charge in [-0.2, -0.15) is 4.37 Å². The van der Waals surface area contributed by atoms with Gasteiger partial charge in [-0.25, -0.2) is 4.98 Å². The number of aryl methyl sites for hydroxylation is 2. The number of hydrogen-bond acceptors (Lipinski definition) is 5. The van der Waals surface area contributed by atoms with Crippen LogP contribution in [-0.4, -0.2) is 27.6 Å². The first-order chi connectivity index (χ1) is 9.10. The third-order valence-corrected chi connectivity index (χ3v) is 3.89. The van der Waals surface area contributed by atoms with E-state index in [-0.39, 0.29) is 0 Å². The zero-order chi connectivity index (χ0) is 13.8. The summed E-state index contributed by atoms with van der Waals surface area (Å²) >= 11 is 1.38. The third-order valence-electron chi connectivity index (χ3n) is 3.02. The van der Waals surface area contributed by atoms with Crippen LogP contribution >= 0.6 is 11.5 Å². The van der Waals surface area contributed by atoms with Gasteiger partial charge in [-0.15, -0.1) is 0 Å². The average molecular weight is 277 g/mol. The minimum Gasteiger partial charge on any atom is -0.387 e. The quantitative estimate of drug-likeness (QED) is 0.913. The van der Waals surface area contributed by atoms with Crippen LogP contribution in [0.1, 0.15) is 30.0 Å². The topological polar surface area (TPSA) is 49.2 Å². The summed E-state index contributed by atoms with van der Waals surface area (Å²) in [6.07, 6.45) is -0.509. The SMILES string of the molecule is CCN(CC(O)c1ccc(C)cc1)c1nc(C)ns1. The van der Waals surface area contributed by atoms with Crippen molar-refractivity contribution >= 4 is 16.7 Å². The second-order valence-corrected chi connectivity index (χ2v) is 5.32. The van der Waals surface area contributed by atoms with Crippen LogP contribution < -0.4 is 4.90 Å². The Bertz CT molecular complexity index is 524. The van der Waals surface area contributed by atoms with Gasteiger partial charge >= 0.3 is 0 Å². The molecule has 19 heavy (non-hydrogen) atoms. The minimum atomic E-state index is -0.509. The molecule has 1 unspecified atom stereocenters. The van der Waals surface area contributed by atoms with Crippen molar-refractivity contribution in [2.45, 2.75) is 26.9 Å². The zero-order valence-corrected chi connectivity index (χ0v) is 12.3. The first-order valence-corrected chi connectivity index (χ1v) is 7.17. The number of nitrogens with zero attached hydrogens (tertiary/aromatic N) is 3. The normalized spacial score (nSPS) is 12.4. The van der Waals surface area contributed by atoms with Gasteiger partial charge < -0.3 is 10.0 Å². The second kappa shape index (κ2) is 6.12. The molecule has 1 aromatic carbocycles. The number of aromatic nitrogens is 2. The van der Waals surface area contributed by atoms with E-state index in [1.54, 1.807) is 0 Å². The maximum Gasteiger partial charge on any atom is 0.205 e. The van der Waals surface area contributed by atoms with Crippen molar-refractivity contribution in [2.24, 2.45) is 0 Å². The standard InChI is InChI=1S/C14H19N3OS/c1-4-17(14-15-11(3)16-19-14)9-13(18)12-7-5-10(2)6-8-12/h5-8,13,18H,4,9H2,1-3H3. The van der Waals surface area contributed by atoms with E-state index in [0.717, 1.165) is 23.1 Å². The first kappa shape index (κ1) is 14.0. The fourth-order valence-electron chi connectivity index (χ4n) is 1.86. The maximum absolute atomic E-state index is 10.3. The molecular formula is C14H19N3OS. The summed E-state index contributed by atoms with van der Waals surface area (Å²) in [7, 11) is 0. The van der Waals surface area contributed by atoms with E-state index in [2.05, 4.69) is 21.2 Å². The molecule has 0 bridgehead atoms.